The topological polar surface area (TPSA) is 43.6 Å². The maximum absolute atomic E-state index is 12.0. The quantitative estimate of drug-likeness (QED) is 0.220. The molecule has 0 unspecified atom stereocenters. The van der Waals surface area contributed by atoms with Crippen LogP contribution in [0.2, 0.25) is 0 Å². The van der Waals surface area contributed by atoms with E-state index in [1.807, 2.05) is 39.8 Å². The fraction of sp³-hybridized carbons (Fsp3) is 0.333. The fourth-order valence-corrected chi connectivity index (χ4v) is 3.40. The van der Waals surface area contributed by atoms with Gasteiger partial charge in [-0.3, -0.25) is 9.79 Å². The maximum atomic E-state index is 12.0. The standard InChI is InChI=1S/C18H22N2O.C9H14O/c1-6-15-8-7-9-16(10-15)20-12(2)17(11-19-5)18(13(20)3)14(4)21;1-5-8(3)7-9(6-2)10-4/h7-11H,6H2,1-5H3;5-7H,2H2,1,3-4H3/b;8-5-,9-7+. The molecule has 0 aliphatic rings. The van der Waals surface area contributed by atoms with Gasteiger partial charge in [0.2, 0.25) is 0 Å². The molecule has 31 heavy (non-hydrogen) atoms. The van der Waals surface area contributed by atoms with Gasteiger partial charge in [-0.05, 0) is 70.9 Å². The molecule has 0 spiro atoms. The van der Waals surface area contributed by atoms with Crippen LogP contribution in [0, 0.1) is 13.8 Å². The van der Waals surface area contributed by atoms with E-state index >= 15 is 0 Å². The van der Waals surface area contributed by atoms with Crippen LogP contribution in [0.3, 0.4) is 0 Å². The molecule has 0 bridgehead atoms. The summed E-state index contributed by atoms with van der Waals surface area (Å²) in [5, 5.41) is 0. The third-order valence-electron chi connectivity index (χ3n) is 5.14. The second-order valence-electron chi connectivity index (χ2n) is 7.25. The molecule has 1 aromatic carbocycles. The summed E-state index contributed by atoms with van der Waals surface area (Å²) >= 11 is 0. The van der Waals surface area contributed by atoms with Crippen molar-refractivity contribution >= 4 is 12.0 Å². The number of ether oxygens (including phenoxy) is 1. The molecule has 0 radical (unpaired) electrons. The van der Waals surface area contributed by atoms with E-state index in [9.17, 15) is 4.79 Å². The Morgan fingerprint density at radius 2 is 1.90 bits per heavy atom. The second kappa shape index (κ2) is 12.5. The Balaban J connectivity index is 0.000000407. The van der Waals surface area contributed by atoms with E-state index in [1.54, 1.807) is 33.4 Å². The van der Waals surface area contributed by atoms with E-state index in [1.165, 1.54) is 11.1 Å². The van der Waals surface area contributed by atoms with Crippen molar-refractivity contribution in [1.82, 2.24) is 4.57 Å². The summed E-state index contributed by atoms with van der Waals surface area (Å²) in [6.45, 7) is 15.4. The monoisotopic (exact) mass is 420 g/mol. The van der Waals surface area contributed by atoms with Crippen molar-refractivity contribution < 1.29 is 9.53 Å². The molecule has 0 saturated carbocycles. The highest BCUT2D eigenvalue weighted by molar-refractivity contribution is 6.04. The number of ketones is 1. The molecule has 0 fully saturated rings. The minimum atomic E-state index is 0.0795. The first-order chi connectivity index (χ1) is 14.7. The highest BCUT2D eigenvalue weighted by Crippen LogP contribution is 2.26. The van der Waals surface area contributed by atoms with Gasteiger partial charge in [-0.15, -0.1) is 0 Å². The van der Waals surface area contributed by atoms with E-state index in [-0.39, 0.29) is 5.78 Å². The summed E-state index contributed by atoms with van der Waals surface area (Å²) < 4.78 is 7.12. The Bertz CT molecular complexity index is 1000. The van der Waals surface area contributed by atoms with Gasteiger partial charge in [-0.1, -0.05) is 37.3 Å². The zero-order chi connectivity index (χ0) is 23.6. The Kier molecular flexibility index (Phi) is 10.5. The van der Waals surface area contributed by atoms with E-state index < -0.39 is 0 Å². The van der Waals surface area contributed by atoms with Crippen LogP contribution in [0.25, 0.3) is 5.69 Å². The van der Waals surface area contributed by atoms with Crippen molar-refractivity contribution in [3.05, 3.63) is 88.5 Å². The van der Waals surface area contributed by atoms with Crippen molar-refractivity contribution in [2.75, 3.05) is 14.2 Å². The molecule has 2 aromatic rings. The number of hydrogen-bond acceptors (Lipinski definition) is 3. The number of rotatable bonds is 7. The van der Waals surface area contributed by atoms with Crippen molar-refractivity contribution in [2.24, 2.45) is 4.99 Å². The highest BCUT2D eigenvalue weighted by Gasteiger charge is 2.20. The molecule has 4 nitrogen and oxygen atoms in total. The van der Waals surface area contributed by atoms with Gasteiger partial charge in [-0.2, -0.15) is 0 Å². The van der Waals surface area contributed by atoms with Crippen molar-refractivity contribution in [3.8, 4) is 5.69 Å². The summed E-state index contributed by atoms with van der Waals surface area (Å²) in [6.07, 6.45) is 8.41. The number of nitrogens with zero attached hydrogens (tertiary/aromatic N) is 2. The molecule has 2 rings (SSSR count). The normalized spacial score (nSPS) is 11.9. The van der Waals surface area contributed by atoms with E-state index in [0.29, 0.717) is 0 Å². The number of Topliss-reactive ketones (excluding diaryl/α,β-unsaturated/α-hetero) is 1. The predicted octanol–water partition coefficient (Wildman–Crippen LogP) is 6.58. The first-order valence-corrected chi connectivity index (χ1v) is 10.5. The molecule has 0 atom stereocenters. The number of carbonyl (C=O) groups is 1. The van der Waals surface area contributed by atoms with Gasteiger partial charge in [0, 0.05) is 41.5 Å². The predicted molar refractivity (Wildman–Crippen MR) is 133 cm³/mol. The summed E-state index contributed by atoms with van der Waals surface area (Å²) in [5.41, 5.74) is 7.28. The third-order valence-corrected chi connectivity index (χ3v) is 5.14. The summed E-state index contributed by atoms with van der Waals surface area (Å²) in [5.74, 6) is 0.881. The number of aryl methyl sites for hydroxylation is 1. The zero-order valence-electron chi connectivity index (χ0n) is 20.2. The van der Waals surface area contributed by atoms with Crippen molar-refractivity contribution in [2.45, 2.75) is 48.0 Å². The van der Waals surface area contributed by atoms with Gasteiger partial charge in [-0.25, -0.2) is 0 Å². The Hall–Kier alpha value is -3.14. The number of hydrogen-bond donors (Lipinski definition) is 0. The Morgan fingerprint density at radius 3 is 2.39 bits per heavy atom. The minimum Gasteiger partial charge on any atom is -0.497 e. The number of aliphatic imine (C=N–C) groups is 1. The first-order valence-electron chi connectivity index (χ1n) is 10.5. The number of methoxy groups -OCH3 is 1. The second-order valence-corrected chi connectivity index (χ2v) is 7.25. The highest BCUT2D eigenvalue weighted by atomic mass is 16.5. The van der Waals surface area contributed by atoms with Crippen LogP contribution in [-0.4, -0.2) is 30.7 Å². The summed E-state index contributed by atoms with van der Waals surface area (Å²) in [6, 6.07) is 8.44. The smallest absolute Gasteiger partial charge is 0.162 e. The lowest BCUT2D eigenvalue weighted by atomic mass is 10.1. The molecular formula is C27H36N2O2. The number of benzene rings is 1. The van der Waals surface area contributed by atoms with Gasteiger partial charge < -0.3 is 9.30 Å². The lowest BCUT2D eigenvalue weighted by molar-refractivity contribution is 0.101. The zero-order valence-corrected chi connectivity index (χ0v) is 20.2. The van der Waals surface area contributed by atoms with Gasteiger partial charge in [0.25, 0.3) is 0 Å². The molecule has 1 heterocycles. The number of allylic oxidation sites excluding steroid dienone is 4. The van der Waals surface area contributed by atoms with Crippen LogP contribution in [-0.2, 0) is 11.2 Å². The number of aromatic nitrogens is 1. The SMILES string of the molecule is C=C/C(=C\C(C)=C/C)OC.CCc1cccc(-n2c(C)c(C=NC)c(C(C)=O)c2C)c1. The van der Waals surface area contributed by atoms with Crippen LogP contribution < -0.4 is 0 Å². The van der Waals surface area contributed by atoms with Gasteiger partial charge in [0.15, 0.2) is 5.78 Å². The minimum absolute atomic E-state index is 0.0795. The summed E-state index contributed by atoms with van der Waals surface area (Å²) in [7, 11) is 3.37. The van der Waals surface area contributed by atoms with Crippen LogP contribution in [0.1, 0.15) is 60.6 Å². The van der Waals surface area contributed by atoms with Crippen LogP contribution in [0.15, 0.2) is 65.4 Å². The van der Waals surface area contributed by atoms with Crippen LogP contribution >= 0.6 is 0 Å². The van der Waals surface area contributed by atoms with Crippen molar-refractivity contribution in [3.63, 3.8) is 0 Å². The first kappa shape index (κ1) is 25.9. The summed E-state index contributed by atoms with van der Waals surface area (Å²) in [4.78, 5) is 16.1. The largest absolute Gasteiger partial charge is 0.497 e. The lowest BCUT2D eigenvalue weighted by Crippen LogP contribution is -2.01. The van der Waals surface area contributed by atoms with E-state index in [0.717, 1.165) is 40.4 Å². The molecule has 4 heteroatoms. The van der Waals surface area contributed by atoms with Crippen molar-refractivity contribution in [1.29, 1.82) is 0 Å². The van der Waals surface area contributed by atoms with Crippen LogP contribution in [0.4, 0.5) is 0 Å². The molecule has 0 amide bonds. The van der Waals surface area contributed by atoms with E-state index in [4.69, 9.17) is 4.74 Å². The van der Waals surface area contributed by atoms with Gasteiger partial charge in [0.05, 0.1) is 7.11 Å². The maximum Gasteiger partial charge on any atom is 0.162 e. The Morgan fingerprint density at radius 1 is 1.23 bits per heavy atom. The molecule has 166 valence electrons. The molecule has 0 aliphatic carbocycles. The molecule has 0 saturated heterocycles. The fourth-order valence-electron chi connectivity index (χ4n) is 3.40. The molecular weight excluding hydrogens is 384 g/mol. The molecule has 0 N–H and O–H groups in total. The average Bonchev–Trinajstić information content (AvgIpc) is 3.02. The third kappa shape index (κ3) is 6.68. The average molecular weight is 421 g/mol. The van der Waals surface area contributed by atoms with Gasteiger partial charge in [0.1, 0.15) is 5.76 Å². The number of carbonyl (C=O) groups excluding carboxylic acids is 1. The van der Waals surface area contributed by atoms with Gasteiger partial charge >= 0.3 is 0 Å². The molecule has 0 aliphatic heterocycles. The lowest BCUT2D eigenvalue weighted by Gasteiger charge is -2.11. The Labute approximate surface area is 187 Å². The van der Waals surface area contributed by atoms with Crippen LogP contribution in [0.5, 0.6) is 0 Å². The van der Waals surface area contributed by atoms with E-state index in [2.05, 4.69) is 47.3 Å². The molecule has 1 aromatic heterocycles.